The lowest BCUT2D eigenvalue weighted by molar-refractivity contribution is 0.234. The first kappa shape index (κ1) is 13.9. The molecule has 1 unspecified atom stereocenters. The molecule has 1 N–H and O–H groups in total. The van der Waals surface area contributed by atoms with E-state index in [-0.39, 0.29) is 6.61 Å². The molecule has 1 aromatic carbocycles. The van der Waals surface area contributed by atoms with Gasteiger partial charge in [-0.15, -0.1) is 0 Å². The molecule has 3 nitrogen and oxygen atoms in total. The zero-order valence-corrected chi connectivity index (χ0v) is 11.4. The normalized spacial score (nSPS) is 18.9. The van der Waals surface area contributed by atoms with Gasteiger partial charge in [-0.05, 0) is 43.1 Å². The molecule has 0 aliphatic carbocycles. The first-order valence-electron chi connectivity index (χ1n) is 6.83. The maximum Gasteiger partial charge on any atom is 0.119 e. The highest BCUT2D eigenvalue weighted by Crippen LogP contribution is 2.15. The Morgan fingerprint density at radius 2 is 2.16 bits per heavy atom. The summed E-state index contributed by atoms with van der Waals surface area (Å²) >= 11 is 0. The lowest BCUT2D eigenvalue weighted by atomic mass is 10.2. The zero-order valence-electron chi connectivity index (χ0n) is 11.4. The molecule has 1 heterocycles. The van der Waals surface area contributed by atoms with Gasteiger partial charge in [-0.1, -0.05) is 18.8 Å². The van der Waals surface area contributed by atoms with E-state index in [4.69, 9.17) is 9.84 Å². The van der Waals surface area contributed by atoms with Crippen LogP contribution < -0.4 is 4.74 Å². The summed E-state index contributed by atoms with van der Waals surface area (Å²) in [4.78, 5) is 2.45. The van der Waals surface area contributed by atoms with E-state index in [9.17, 15) is 0 Å². The minimum atomic E-state index is -0.105. The molecule has 102 valence electrons. The van der Waals surface area contributed by atoms with E-state index in [1.165, 1.54) is 19.5 Å². The first-order chi connectivity index (χ1) is 9.28. The number of benzene rings is 1. The van der Waals surface area contributed by atoms with Crippen molar-refractivity contribution in [2.45, 2.75) is 13.3 Å². The summed E-state index contributed by atoms with van der Waals surface area (Å²) in [5.74, 6) is 7.19. The Morgan fingerprint density at radius 3 is 2.79 bits per heavy atom. The van der Waals surface area contributed by atoms with Gasteiger partial charge in [0.05, 0.1) is 0 Å². The lowest BCUT2D eigenvalue weighted by Gasteiger charge is -2.15. The molecule has 1 atom stereocenters. The minimum Gasteiger partial charge on any atom is -0.492 e. The van der Waals surface area contributed by atoms with Gasteiger partial charge in [0.2, 0.25) is 0 Å². The highest BCUT2D eigenvalue weighted by molar-refractivity contribution is 5.38. The molecule has 0 bridgehead atoms. The van der Waals surface area contributed by atoms with Crippen LogP contribution in [-0.4, -0.2) is 42.9 Å². The second-order valence-corrected chi connectivity index (χ2v) is 5.03. The molecule has 3 heteroatoms. The van der Waals surface area contributed by atoms with Crippen LogP contribution in [0.15, 0.2) is 24.3 Å². The van der Waals surface area contributed by atoms with E-state index in [0.29, 0.717) is 0 Å². The fourth-order valence-corrected chi connectivity index (χ4v) is 2.30. The number of aliphatic hydroxyl groups excluding tert-OH is 1. The van der Waals surface area contributed by atoms with Crippen LogP contribution in [0.3, 0.4) is 0 Å². The number of rotatable bonds is 4. The molecule has 0 radical (unpaired) electrons. The summed E-state index contributed by atoms with van der Waals surface area (Å²) < 4.78 is 5.72. The molecule has 1 aromatic rings. The summed E-state index contributed by atoms with van der Waals surface area (Å²) in [5.41, 5.74) is 0.898. The van der Waals surface area contributed by atoms with Crippen molar-refractivity contribution in [2.75, 3.05) is 32.8 Å². The van der Waals surface area contributed by atoms with E-state index in [1.54, 1.807) is 0 Å². The van der Waals surface area contributed by atoms with Gasteiger partial charge in [0.1, 0.15) is 19.0 Å². The van der Waals surface area contributed by atoms with Crippen LogP contribution in [0.5, 0.6) is 5.75 Å². The van der Waals surface area contributed by atoms with Crippen molar-refractivity contribution in [3.05, 3.63) is 29.8 Å². The van der Waals surface area contributed by atoms with Crippen LogP contribution in [0.1, 0.15) is 18.9 Å². The molecular weight excluding hydrogens is 238 g/mol. The second kappa shape index (κ2) is 7.18. The Balaban J connectivity index is 1.74. The van der Waals surface area contributed by atoms with Crippen LogP contribution in [0.2, 0.25) is 0 Å². The van der Waals surface area contributed by atoms with Crippen LogP contribution >= 0.6 is 0 Å². The SMILES string of the molecule is CC1CCN(CCOc2ccc(C#CCO)cc2)C1. The predicted molar refractivity (Wildman–Crippen MR) is 76.1 cm³/mol. The number of ether oxygens (including phenoxy) is 1. The third kappa shape index (κ3) is 4.59. The van der Waals surface area contributed by atoms with Crippen molar-refractivity contribution in [3.63, 3.8) is 0 Å². The Bertz CT molecular complexity index is 444. The summed E-state index contributed by atoms with van der Waals surface area (Å²) in [6.45, 7) is 6.31. The van der Waals surface area contributed by atoms with Crippen LogP contribution in [0.25, 0.3) is 0 Å². The van der Waals surface area contributed by atoms with E-state index in [1.807, 2.05) is 24.3 Å². The summed E-state index contributed by atoms with van der Waals surface area (Å²) in [6, 6.07) is 7.67. The van der Waals surface area contributed by atoms with E-state index in [2.05, 4.69) is 23.7 Å². The van der Waals surface area contributed by atoms with Gasteiger partial charge in [-0.3, -0.25) is 4.90 Å². The molecule has 1 saturated heterocycles. The van der Waals surface area contributed by atoms with Crippen molar-refractivity contribution in [2.24, 2.45) is 5.92 Å². The average molecular weight is 259 g/mol. The molecule has 1 fully saturated rings. The average Bonchev–Trinajstić information content (AvgIpc) is 2.84. The number of hydrogen-bond donors (Lipinski definition) is 1. The maximum atomic E-state index is 8.62. The highest BCUT2D eigenvalue weighted by Gasteiger charge is 2.17. The maximum absolute atomic E-state index is 8.62. The molecule has 1 aliphatic heterocycles. The summed E-state index contributed by atoms with van der Waals surface area (Å²) in [6.07, 6.45) is 1.30. The first-order valence-corrected chi connectivity index (χ1v) is 6.83. The molecule has 19 heavy (non-hydrogen) atoms. The van der Waals surface area contributed by atoms with Gasteiger partial charge in [-0.2, -0.15) is 0 Å². The third-order valence-electron chi connectivity index (χ3n) is 3.35. The largest absolute Gasteiger partial charge is 0.492 e. The van der Waals surface area contributed by atoms with E-state index >= 15 is 0 Å². The van der Waals surface area contributed by atoms with Gasteiger partial charge in [0.25, 0.3) is 0 Å². The molecule has 1 aliphatic rings. The minimum absolute atomic E-state index is 0.105. The molecular formula is C16H21NO2. The van der Waals surface area contributed by atoms with Gasteiger partial charge in [-0.25, -0.2) is 0 Å². The summed E-state index contributed by atoms with van der Waals surface area (Å²) in [7, 11) is 0. The Hall–Kier alpha value is -1.50. The molecule has 2 rings (SSSR count). The smallest absolute Gasteiger partial charge is 0.119 e. The molecule has 0 amide bonds. The van der Waals surface area contributed by atoms with Crippen molar-refractivity contribution in [1.29, 1.82) is 0 Å². The van der Waals surface area contributed by atoms with Gasteiger partial charge < -0.3 is 9.84 Å². The standard InChI is InChI=1S/C16H21NO2/c1-14-8-9-17(13-14)10-12-19-16-6-4-15(5-7-16)3-2-11-18/h4-7,14,18H,8-13H2,1H3. The van der Waals surface area contributed by atoms with Crippen LogP contribution in [0, 0.1) is 17.8 Å². The topological polar surface area (TPSA) is 32.7 Å². The van der Waals surface area contributed by atoms with Crippen LogP contribution in [-0.2, 0) is 0 Å². The van der Waals surface area contributed by atoms with Gasteiger partial charge in [0, 0.05) is 18.7 Å². The fourth-order valence-electron chi connectivity index (χ4n) is 2.30. The van der Waals surface area contributed by atoms with Crippen molar-refractivity contribution < 1.29 is 9.84 Å². The third-order valence-corrected chi connectivity index (χ3v) is 3.35. The predicted octanol–water partition coefficient (Wildman–Crippen LogP) is 1.75. The monoisotopic (exact) mass is 259 g/mol. The van der Waals surface area contributed by atoms with Gasteiger partial charge in [0.15, 0.2) is 0 Å². The number of nitrogens with zero attached hydrogens (tertiary/aromatic N) is 1. The molecule has 0 saturated carbocycles. The highest BCUT2D eigenvalue weighted by atomic mass is 16.5. The van der Waals surface area contributed by atoms with Crippen LogP contribution in [0.4, 0.5) is 0 Å². The Labute approximate surface area is 115 Å². The van der Waals surface area contributed by atoms with Crippen molar-refractivity contribution >= 4 is 0 Å². The van der Waals surface area contributed by atoms with Crippen molar-refractivity contribution in [3.8, 4) is 17.6 Å². The second-order valence-electron chi connectivity index (χ2n) is 5.03. The van der Waals surface area contributed by atoms with E-state index in [0.717, 1.165) is 30.4 Å². The number of likely N-dealkylation sites (tertiary alicyclic amines) is 1. The Morgan fingerprint density at radius 1 is 1.37 bits per heavy atom. The lowest BCUT2D eigenvalue weighted by Crippen LogP contribution is -2.25. The van der Waals surface area contributed by atoms with Crippen molar-refractivity contribution in [1.82, 2.24) is 4.90 Å². The summed E-state index contributed by atoms with van der Waals surface area (Å²) in [5, 5.41) is 8.62. The Kier molecular flexibility index (Phi) is 5.26. The molecule has 0 aromatic heterocycles. The number of hydrogen-bond acceptors (Lipinski definition) is 3. The fraction of sp³-hybridized carbons (Fsp3) is 0.500. The zero-order chi connectivity index (χ0) is 13.5. The van der Waals surface area contributed by atoms with Gasteiger partial charge >= 0.3 is 0 Å². The molecule has 0 spiro atoms. The van der Waals surface area contributed by atoms with E-state index < -0.39 is 0 Å². The quantitative estimate of drug-likeness (QED) is 0.836. The number of aliphatic hydroxyl groups is 1.